The Morgan fingerprint density at radius 1 is 1.16 bits per heavy atom. The molecule has 6 nitrogen and oxygen atoms in total. The highest BCUT2D eigenvalue weighted by Gasteiger charge is 2.57. The lowest BCUT2D eigenvalue weighted by molar-refractivity contribution is -0.113. The summed E-state index contributed by atoms with van der Waals surface area (Å²) in [6.07, 6.45) is 10.8. The summed E-state index contributed by atoms with van der Waals surface area (Å²) in [6, 6.07) is 2.13. The molecule has 0 aliphatic heterocycles. The number of nitrogens with zero attached hydrogens (tertiary/aromatic N) is 2. The highest BCUT2D eigenvalue weighted by atomic mass is 16.3. The first kappa shape index (κ1) is 14.4. The fourth-order valence-electron chi connectivity index (χ4n) is 4.60. The molecule has 1 amide bonds. The molecule has 1 saturated carbocycles. The molecule has 6 rings (SSSR count). The Hall–Kier alpha value is -2.94. The molecule has 0 aromatic carbocycles. The molecule has 1 aromatic rings. The molecule has 126 valence electrons. The Morgan fingerprint density at radius 2 is 1.80 bits per heavy atom. The van der Waals surface area contributed by atoms with Gasteiger partial charge in [-0.3, -0.25) is 10.2 Å². The average Bonchev–Trinajstić information content (AvgIpc) is 3.43. The summed E-state index contributed by atoms with van der Waals surface area (Å²) in [7, 11) is 0. The first-order valence-electron chi connectivity index (χ1n) is 8.54. The van der Waals surface area contributed by atoms with E-state index in [1.807, 2.05) is 0 Å². The van der Waals surface area contributed by atoms with Crippen LogP contribution >= 0.6 is 0 Å². The van der Waals surface area contributed by atoms with Gasteiger partial charge in [-0.05, 0) is 24.7 Å². The van der Waals surface area contributed by atoms with E-state index in [0.29, 0.717) is 23.8 Å². The van der Waals surface area contributed by atoms with E-state index in [9.17, 15) is 15.0 Å². The van der Waals surface area contributed by atoms with Crippen LogP contribution in [0.15, 0.2) is 36.0 Å². The van der Waals surface area contributed by atoms with Crippen molar-refractivity contribution < 1.29 is 15.0 Å². The summed E-state index contributed by atoms with van der Waals surface area (Å²) >= 11 is 0. The van der Waals surface area contributed by atoms with Crippen LogP contribution < -0.4 is 5.43 Å². The molecule has 1 aromatic heterocycles. The molecule has 2 bridgehead atoms. The van der Waals surface area contributed by atoms with Crippen molar-refractivity contribution in [2.75, 3.05) is 5.43 Å². The fraction of sp³-hybridized carbons (Fsp3) is 0.368. The van der Waals surface area contributed by atoms with Crippen molar-refractivity contribution in [3.8, 4) is 17.8 Å². The summed E-state index contributed by atoms with van der Waals surface area (Å²) < 4.78 is 1.09. The van der Waals surface area contributed by atoms with Gasteiger partial charge in [-0.15, -0.1) is 0 Å². The van der Waals surface area contributed by atoms with Crippen LogP contribution in [-0.4, -0.2) is 20.8 Å². The topological polar surface area (TPSA) is 98.3 Å². The van der Waals surface area contributed by atoms with Gasteiger partial charge >= 0.3 is 0 Å². The van der Waals surface area contributed by atoms with Crippen molar-refractivity contribution in [2.24, 2.45) is 17.8 Å². The molecule has 0 saturated heterocycles. The molecule has 0 spiro atoms. The number of nitrogens with one attached hydrogen (secondary N) is 1. The lowest BCUT2D eigenvalue weighted by Gasteiger charge is -2.29. The molecule has 5 aliphatic rings. The zero-order valence-electron chi connectivity index (χ0n) is 13.4. The van der Waals surface area contributed by atoms with E-state index in [4.69, 9.17) is 5.26 Å². The van der Waals surface area contributed by atoms with Gasteiger partial charge in [0.15, 0.2) is 0 Å². The lowest BCUT2D eigenvalue weighted by atomic mass is 9.73. The number of hydrogen-bond acceptors (Lipinski definition) is 4. The van der Waals surface area contributed by atoms with Gasteiger partial charge < -0.3 is 10.2 Å². The normalized spacial score (nSPS) is 33.2. The number of hydrogen-bond donors (Lipinski definition) is 3. The van der Waals surface area contributed by atoms with Crippen LogP contribution in [0.25, 0.3) is 0 Å². The minimum Gasteiger partial charge on any atom is -0.493 e. The van der Waals surface area contributed by atoms with Crippen molar-refractivity contribution in [1.82, 2.24) is 4.68 Å². The van der Waals surface area contributed by atoms with Gasteiger partial charge in [-0.2, -0.15) is 9.94 Å². The van der Waals surface area contributed by atoms with Crippen LogP contribution in [-0.2, 0) is 4.79 Å². The Morgan fingerprint density at radius 3 is 2.32 bits per heavy atom. The van der Waals surface area contributed by atoms with E-state index in [1.165, 1.54) is 0 Å². The minimum atomic E-state index is -0.420. The average molecular weight is 335 g/mol. The number of carbonyl (C=O) groups is 1. The molecule has 6 heteroatoms. The van der Waals surface area contributed by atoms with Gasteiger partial charge in [0.2, 0.25) is 11.8 Å². The quantitative estimate of drug-likeness (QED) is 0.723. The van der Waals surface area contributed by atoms with E-state index in [-0.39, 0.29) is 29.5 Å². The first-order chi connectivity index (χ1) is 12.1. The number of rotatable bonds is 2. The fourth-order valence-corrected chi connectivity index (χ4v) is 4.60. The number of nitriles is 1. The van der Waals surface area contributed by atoms with Crippen LogP contribution in [0.3, 0.4) is 0 Å². The third-order valence-corrected chi connectivity index (χ3v) is 5.94. The standard InChI is InChI=1S/C19H17N3O3/c20-8-9-1-3-10(4-2-9)17(23)21-22-18(24)15-11-5-6-12(14-7-13(11)14)16(15)19(22)25/h1,3-6,9,11-14,24-25H,2,7H2,(H,21,23). The molecule has 0 radical (unpaired) electrons. The van der Waals surface area contributed by atoms with Gasteiger partial charge in [0, 0.05) is 28.5 Å². The number of amides is 1. The third-order valence-electron chi connectivity index (χ3n) is 5.94. The second-order valence-electron chi connectivity index (χ2n) is 7.24. The maximum absolute atomic E-state index is 12.5. The molecular weight excluding hydrogens is 318 g/mol. The maximum Gasteiger partial charge on any atom is 0.269 e. The second-order valence-corrected chi connectivity index (χ2v) is 7.24. The van der Waals surface area contributed by atoms with E-state index in [1.54, 1.807) is 18.2 Å². The van der Waals surface area contributed by atoms with Crippen molar-refractivity contribution >= 4 is 5.91 Å². The predicted octanol–water partition coefficient (Wildman–Crippen LogP) is 2.38. The smallest absolute Gasteiger partial charge is 0.269 e. The highest BCUT2D eigenvalue weighted by molar-refractivity contribution is 6.02. The van der Waals surface area contributed by atoms with Crippen molar-refractivity contribution in [3.63, 3.8) is 0 Å². The van der Waals surface area contributed by atoms with Crippen LogP contribution in [0, 0.1) is 29.1 Å². The van der Waals surface area contributed by atoms with Crippen LogP contribution in [0.5, 0.6) is 11.8 Å². The Balaban J connectivity index is 1.46. The van der Waals surface area contributed by atoms with E-state index >= 15 is 0 Å². The second kappa shape index (κ2) is 4.79. The van der Waals surface area contributed by atoms with E-state index in [0.717, 1.165) is 22.2 Å². The number of allylic oxidation sites excluding steroid dienone is 4. The largest absolute Gasteiger partial charge is 0.493 e. The zero-order valence-corrected chi connectivity index (χ0v) is 13.4. The molecule has 5 unspecified atom stereocenters. The van der Waals surface area contributed by atoms with Crippen LogP contribution in [0.1, 0.15) is 35.8 Å². The Labute approximate surface area is 144 Å². The van der Waals surface area contributed by atoms with Gasteiger partial charge in [0.1, 0.15) is 0 Å². The number of aromatic nitrogens is 1. The molecule has 3 N–H and O–H groups in total. The maximum atomic E-state index is 12.5. The summed E-state index contributed by atoms with van der Waals surface area (Å²) in [5.41, 5.74) is 4.51. The zero-order chi connectivity index (χ0) is 17.3. The lowest BCUT2D eigenvalue weighted by Crippen LogP contribution is -2.24. The van der Waals surface area contributed by atoms with Gasteiger partial charge in [-0.25, -0.2) is 0 Å². The summed E-state index contributed by atoms with van der Waals surface area (Å²) in [6.45, 7) is 0. The minimum absolute atomic E-state index is 0.0826. The van der Waals surface area contributed by atoms with Gasteiger partial charge in [0.25, 0.3) is 5.91 Å². The Bertz CT molecular complexity index is 889. The Kier molecular flexibility index (Phi) is 2.76. The molecular formula is C19H17N3O3. The third kappa shape index (κ3) is 1.86. The van der Waals surface area contributed by atoms with Crippen LogP contribution in [0.2, 0.25) is 0 Å². The summed E-state index contributed by atoms with van der Waals surface area (Å²) in [4.78, 5) is 12.5. The molecule has 5 atom stereocenters. The molecule has 1 fully saturated rings. The van der Waals surface area contributed by atoms with Crippen LogP contribution in [0.4, 0.5) is 0 Å². The molecule has 1 heterocycles. The van der Waals surface area contributed by atoms with Gasteiger partial charge in [0.05, 0.1) is 12.0 Å². The predicted molar refractivity (Wildman–Crippen MR) is 89.3 cm³/mol. The number of carbonyl (C=O) groups excluding carboxylic acids is 1. The molecule has 5 aliphatic carbocycles. The van der Waals surface area contributed by atoms with Crippen molar-refractivity contribution in [3.05, 3.63) is 47.1 Å². The van der Waals surface area contributed by atoms with Crippen molar-refractivity contribution in [1.29, 1.82) is 5.26 Å². The van der Waals surface area contributed by atoms with E-state index < -0.39 is 5.91 Å². The summed E-state index contributed by atoms with van der Waals surface area (Å²) in [5.74, 6) is 0.541. The van der Waals surface area contributed by atoms with Gasteiger partial charge in [-0.1, -0.05) is 30.4 Å². The SMILES string of the molecule is N#CC1C=CC(C(=O)Nn2c(O)c3c(c2O)C2C=CC3C3CC23)=CC1. The number of aromatic hydroxyl groups is 2. The highest BCUT2D eigenvalue weighted by Crippen LogP contribution is 2.67. The first-order valence-corrected chi connectivity index (χ1v) is 8.54. The summed E-state index contributed by atoms with van der Waals surface area (Å²) in [5, 5.41) is 30.1. The van der Waals surface area contributed by atoms with Crippen molar-refractivity contribution in [2.45, 2.75) is 24.7 Å². The molecule has 25 heavy (non-hydrogen) atoms. The van der Waals surface area contributed by atoms with E-state index in [2.05, 4.69) is 23.6 Å². The monoisotopic (exact) mass is 335 g/mol.